The van der Waals surface area contributed by atoms with Gasteiger partial charge in [-0.3, -0.25) is 4.90 Å². The number of hydrogen-bond acceptors (Lipinski definition) is 3. The van der Waals surface area contributed by atoms with Crippen molar-refractivity contribution in [1.29, 1.82) is 0 Å². The third kappa shape index (κ3) is 3.13. The second-order valence-electron chi connectivity index (χ2n) is 5.54. The van der Waals surface area contributed by atoms with Crippen LogP contribution >= 0.6 is 0 Å². The van der Waals surface area contributed by atoms with Gasteiger partial charge < -0.3 is 10.0 Å². The quantitative estimate of drug-likeness (QED) is 0.780. The number of nitrogens with zero attached hydrogens (tertiary/aromatic N) is 1. The van der Waals surface area contributed by atoms with E-state index in [0.717, 1.165) is 6.54 Å². The molecule has 0 amide bonds. The molecule has 0 spiro atoms. The molecule has 1 aromatic carbocycles. The minimum Gasteiger partial charge on any atom is -0.423 e. The van der Waals surface area contributed by atoms with Crippen LogP contribution in [0.2, 0.25) is 0 Å². The topological polar surface area (TPSA) is 43.7 Å². The third-order valence-electron chi connectivity index (χ3n) is 3.85. The summed E-state index contributed by atoms with van der Waals surface area (Å²) in [6.45, 7) is 6.71. The second-order valence-corrected chi connectivity index (χ2v) is 5.54. The Bertz CT molecular complexity index is 378. The van der Waals surface area contributed by atoms with E-state index in [1.807, 2.05) is 12.1 Å². The largest absolute Gasteiger partial charge is 0.488 e. The highest BCUT2D eigenvalue weighted by molar-refractivity contribution is 6.58. The van der Waals surface area contributed by atoms with Crippen LogP contribution in [0.1, 0.15) is 32.3 Å². The van der Waals surface area contributed by atoms with Crippen LogP contribution in [0.3, 0.4) is 0 Å². The van der Waals surface area contributed by atoms with E-state index in [1.54, 1.807) is 12.1 Å². The lowest BCUT2D eigenvalue weighted by Crippen LogP contribution is -2.33. The molecular formula is C14H22BNO2. The Labute approximate surface area is 110 Å². The molecule has 0 aliphatic carbocycles. The molecule has 2 rings (SSSR count). The molecule has 3 nitrogen and oxygen atoms in total. The Kier molecular flexibility index (Phi) is 4.43. The van der Waals surface area contributed by atoms with Crippen LogP contribution in [-0.2, 0) is 6.54 Å². The lowest BCUT2D eigenvalue weighted by Gasteiger charge is -2.27. The molecular weight excluding hydrogens is 225 g/mol. The molecule has 1 aromatic rings. The monoisotopic (exact) mass is 247 g/mol. The Morgan fingerprint density at radius 1 is 1.28 bits per heavy atom. The summed E-state index contributed by atoms with van der Waals surface area (Å²) in [6, 6.07) is 8.25. The van der Waals surface area contributed by atoms with Crippen molar-refractivity contribution in [2.24, 2.45) is 5.92 Å². The van der Waals surface area contributed by atoms with E-state index in [0.29, 0.717) is 17.4 Å². The molecule has 0 aromatic heterocycles. The summed E-state index contributed by atoms with van der Waals surface area (Å²) in [7, 11) is -1.37. The predicted molar refractivity (Wildman–Crippen MR) is 74.5 cm³/mol. The van der Waals surface area contributed by atoms with Crippen molar-refractivity contribution in [3.05, 3.63) is 29.8 Å². The zero-order valence-electron chi connectivity index (χ0n) is 11.2. The Morgan fingerprint density at radius 3 is 2.50 bits per heavy atom. The van der Waals surface area contributed by atoms with Gasteiger partial charge in [-0.2, -0.15) is 0 Å². The molecule has 1 aliphatic rings. The fourth-order valence-electron chi connectivity index (χ4n) is 2.83. The number of hydrogen-bond donors (Lipinski definition) is 2. The molecule has 1 unspecified atom stereocenters. The summed E-state index contributed by atoms with van der Waals surface area (Å²) in [5.41, 5.74) is 1.80. The molecule has 1 heterocycles. The van der Waals surface area contributed by atoms with Gasteiger partial charge in [0.1, 0.15) is 0 Å². The van der Waals surface area contributed by atoms with Gasteiger partial charge in [-0.15, -0.1) is 0 Å². The Morgan fingerprint density at radius 2 is 1.94 bits per heavy atom. The molecule has 0 saturated carbocycles. The summed E-state index contributed by atoms with van der Waals surface area (Å²) >= 11 is 0. The fraction of sp³-hybridized carbons (Fsp3) is 0.571. The zero-order chi connectivity index (χ0) is 13.1. The molecule has 98 valence electrons. The van der Waals surface area contributed by atoms with Crippen molar-refractivity contribution in [3.63, 3.8) is 0 Å². The maximum absolute atomic E-state index is 9.06. The van der Waals surface area contributed by atoms with Crippen LogP contribution in [0.4, 0.5) is 0 Å². The smallest absolute Gasteiger partial charge is 0.423 e. The van der Waals surface area contributed by atoms with E-state index in [-0.39, 0.29) is 0 Å². The first-order valence-electron chi connectivity index (χ1n) is 6.77. The maximum Gasteiger partial charge on any atom is 0.488 e. The van der Waals surface area contributed by atoms with Gasteiger partial charge in [0.2, 0.25) is 0 Å². The zero-order valence-corrected chi connectivity index (χ0v) is 11.2. The van der Waals surface area contributed by atoms with Crippen molar-refractivity contribution < 1.29 is 10.0 Å². The van der Waals surface area contributed by atoms with Gasteiger partial charge in [-0.25, -0.2) is 0 Å². The fourth-order valence-corrected chi connectivity index (χ4v) is 2.83. The highest BCUT2D eigenvalue weighted by Crippen LogP contribution is 2.25. The molecule has 0 radical (unpaired) electrons. The van der Waals surface area contributed by atoms with Gasteiger partial charge in [0.15, 0.2) is 0 Å². The minimum absolute atomic E-state index is 0.556. The highest BCUT2D eigenvalue weighted by Gasteiger charge is 2.26. The average molecular weight is 247 g/mol. The summed E-state index contributed by atoms with van der Waals surface area (Å²) < 4.78 is 0. The van der Waals surface area contributed by atoms with Crippen LogP contribution in [0, 0.1) is 5.92 Å². The van der Waals surface area contributed by atoms with Gasteiger partial charge >= 0.3 is 7.12 Å². The van der Waals surface area contributed by atoms with E-state index in [9.17, 15) is 0 Å². The lowest BCUT2D eigenvalue weighted by atomic mass is 9.80. The first-order chi connectivity index (χ1) is 8.58. The van der Waals surface area contributed by atoms with Crippen molar-refractivity contribution in [1.82, 2.24) is 4.90 Å². The highest BCUT2D eigenvalue weighted by atomic mass is 16.4. The SMILES string of the molecule is CC(C)C1CCCN1Cc1ccc(B(O)O)cc1. The third-order valence-corrected chi connectivity index (χ3v) is 3.85. The van der Waals surface area contributed by atoms with Gasteiger partial charge in [0.05, 0.1) is 0 Å². The number of likely N-dealkylation sites (tertiary alicyclic amines) is 1. The first-order valence-corrected chi connectivity index (χ1v) is 6.77. The summed E-state index contributed by atoms with van der Waals surface area (Å²) in [4.78, 5) is 2.54. The lowest BCUT2D eigenvalue weighted by molar-refractivity contribution is 0.199. The normalized spacial score (nSPS) is 20.6. The molecule has 4 heteroatoms. The van der Waals surface area contributed by atoms with Gasteiger partial charge in [0, 0.05) is 12.6 Å². The van der Waals surface area contributed by atoms with E-state index < -0.39 is 7.12 Å². The van der Waals surface area contributed by atoms with E-state index in [2.05, 4.69) is 18.7 Å². The molecule has 1 saturated heterocycles. The second kappa shape index (κ2) is 5.87. The van der Waals surface area contributed by atoms with Crippen LogP contribution in [0.15, 0.2) is 24.3 Å². The van der Waals surface area contributed by atoms with Crippen molar-refractivity contribution >= 4 is 12.6 Å². The standard InChI is InChI=1S/C14H22BNO2/c1-11(2)14-4-3-9-16(14)10-12-5-7-13(8-6-12)15(17)18/h5-8,11,14,17-18H,3-4,9-10H2,1-2H3. The molecule has 2 N–H and O–H groups in total. The summed E-state index contributed by atoms with van der Waals surface area (Å²) in [6.07, 6.45) is 2.58. The van der Waals surface area contributed by atoms with Crippen molar-refractivity contribution in [3.8, 4) is 0 Å². The maximum atomic E-state index is 9.06. The molecule has 1 aliphatic heterocycles. The van der Waals surface area contributed by atoms with Crippen LogP contribution < -0.4 is 5.46 Å². The van der Waals surface area contributed by atoms with E-state index in [4.69, 9.17) is 10.0 Å². The average Bonchev–Trinajstić information content (AvgIpc) is 2.78. The van der Waals surface area contributed by atoms with Crippen LogP contribution in [0.25, 0.3) is 0 Å². The molecule has 0 bridgehead atoms. The van der Waals surface area contributed by atoms with E-state index in [1.165, 1.54) is 24.9 Å². The Balaban J connectivity index is 2.00. The molecule has 1 atom stereocenters. The van der Waals surface area contributed by atoms with Gasteiger partial charge in [-0.1, -0.05) is 38.1 Å². The van der Waals surface area contributed by atoms with Crippen LogP contribution in [0.5, 0.6) is 0 Å². The molecule has 1 fully saturated rings. The summed E-state index contributed by atoms with van der Waals surface area (Å²) in [5.74, 6) is 0.700. The Hall–Kier alpha value is -0.835. The summed E-state index contributed by atoms with van der Waals surface area (Å²) in [5, 5.41) is 18.1. The van der Waals surface area contributed by atoms with Gasteiger partial charge in [0.25, 0.3) is 0 Å². The molecule has 18 heavy (non-hydrogen) atoms. The van der Waals surface area contributed by atoms with Gasteiger partial charge in [-0.05, 0) is 36.3 Å². The van der Waals surface area contributed by atoms with Crippen molar-refractivity contribution in [2.45, 2.75) is 39.3 Å². The first kappa shape index (κ1) is 13.6. The van der Waals surface area contributed by atoms with E-state index >= 15 is 0 Å². The number of benzene rings is 1. The minimum atomic E-state index is -1.37. The predicted octanol–water partition coefficient (Wildman–Crippen LogP) is 0.987. The van der Waals surface area contributed by atoms with Crippen molar-refractivity contribution in [2.75, 3.05) is 6.54 Å². The number of rotatable bonds is 4. The van der Waals surface area contributed by atoms with Crippen LogP contribution in [-0.4, -0.2) is 34.7 Å².